The van der Waals surface area contributed by atoms with Gasteiger partial charge in [-0.25, -0.2) is 19.6 Å². The molecular formula is C34H23N5O4. The number of fused-ring (bicyclic) bond motifs is 2. The molecule has 0 aliphatic rings. The standard InChI is InChI=1S/C34H23N5O4/c40-33(41)22-10-16-27-29(18-22)37-31(35-27)20-6-12-25(13-7-20)39(24-4-2-1-3-5-24)26-14-8-21(9-15-26)32-36-28-17-11-23(34(42)43)19-30(28)38-32/h1-19H,(H,35,37)(H,36,38)(H,40,41)(H,42,43). The molecule has 5 aromatic carbocycles. The van der Waals surface area contributed by atoms with Gasteiger partial charge in [-0.15, -0.1) is 0 Å². The molecule has 0 radical (unpaired) electrons. The largest absolute Gasteiger partial charge is 0.478 e. The predicted molar refractivity (Wildman–Crippen MR) is 165 cm³/mol. The quantitative estimate of drug-likeness (QED) is 0.156. The minimum atomic E-state index is -0.989. The lowest BCUT2D eigenvalue weighted by atomic mass is 10.1. The number of imidazole rings is 2. The highest BCUT2D eigenvalue weighted by Crippen LogP contribution is 2.36. The van der Waals surface area contributed by atoms with E-state index < -0.39 is 11.9 Å². The summed E-state index contributed by atoms with van der Waals surface area (Å²) in [6.07, 6.45) is 0. The average Bonchev–Trinajstić information content (AvgIpc) is 3.66. The van der Waals surface area contributed by atoms with Crippen molar-refractivity contribution in [1.82, 2.24) is 19.9 Å². The molecule has 0 bridgehead atoms. The highest BCUT2D eigenvalue weighted by atomic mass is 16.4. The summed E-state index contributed by atoms with van der Waals surface area (Å²) < 4.78 is 0. The number of carboxylic acid groups (broad SMARTS) is 2. The van der Waals surface area contributed by atoms with Crippen LogP contribution in [0.2, 0.25) is 0 Å². The van der Waals surface area contributed by atoms with Crippen molar-refractivity contribution < 1.29 is 19.8 Å². The second kappa shape index (κ2) is 10.3. The number of nitrogens with zero attached hydrogens (tertiary/aromatic N) is 3. The number of anilines is 3. The molecule has 7 aromatic rings. The van der Waals surface area contributed by atoms with E-state index in [2.05, 4.69) is 24.8 Å². The number of nitrogens with one attached hydrogen (secondary N) is 2. The fourth-order valence-corrected chi connectivity index (χ4v) is 5.12. The van der Waals surface area contributed by atoms with Crippen LogP contribution in [0.4, 0.5) is 17.1 Å². The predicted octanol–water partition coefficient (Wildman–Crippen LogP) is 7.64. The maximum absolute atomic E-state index is 11.4. The van der Waals surface area contributed by atoms with Crippen LogP contribution in [-0.2, 0) is 0 Å². The van der Waals surface area contributed by atoms with Crippen LogP contribution in [0.1, 0.15) is 20.7 Å². The van der Waals surface area contributed by atoms with Gasteiger partial charge in [0.25, 0.3) is 0 Å². The van der Waals surface area contributed by atoms with Crippen molar-refractivity contribution in [1.29, 1.82) is 0 Å². The molecule has 2 aromatic heterocycles. The molecule has 2 heterocycles. The molecule has 0 spiro atoms. The van der Waals surface area contributed by atoms with E-state index in [-0.39, 0.29) is 11.1 Å². The first-order valence-corrected chi connectivity index (χ1v) is 13.5. The number of aromatic carboxylic acids is 2. The van der Waals surface area contributed by atoms with Gasteiger partial charge in [-0.2, -0.15) is 0 Å². The molecule has 0 saturated heterocycles. The second-order valence-corrected chi connectivity index (χ2v) is 10.0. The molecule has 0 fully saturated rings. The van der Waals surface area contributed by atoms with Gasteiger partial charge in [0.05, 0.1) is 33.2 Å². The summed E-state index contributed by atoms with van der Waals surface area (Å²) in [6, 6.07) is 35.7. The monoisotopic (exact) mass is 565 g/mol. The number of aromatic amines is 2. The molecule has 0 saturated carbocycles. The van der Waals surface area contributed by atoms with Crippen LogP contribution in [0.3, 0.4) is 0 Å². The van der Waals surface area contributed by atoms with E-state index in [9.17, 15) is 19.8 Å². The number of aromatic nitrogens is 4. The molecule has 0 aliphatic heterocycles. The molecule has 0 aliphatic carbocycles. The minimum absolute atomic E-state index is 0.193. The Morgan fingerprint density at radius 2 is 1.05 bits per heavy atom. The minimum Gasteiger partial charge on any atom is -0.478 e. The third-order valence-electron chi connectivity index (χ3n) is 7.27. The van der Waals surface area contributed by atoms with Crippen molar-refractivity contribution in [3.05, 3.63) is 126 Å². The zero-order valence-corrected chi connectivity index (χ0v) is 22.5. The zero-order valence-electron chi connectivity index (χ0n) is 22.5. The van der Waals surface area contributed by atoms with Crippen LogP contribution in [0, 0.1) is 0 Å². The molecule has 0 unspecified atom stereocenters. The van der Waals surface area contributed by atoms with Crippen molar-refractivity contribution >= 4 is 51.1 Å². The maximum Gasteiger partial charge on any atom is 0.335 e. The Labute approximate surface area is 244 Å². The van der Waals surface area contributed by atoms with Crippen LogP contribution in [0.5, 0.6) is 0 Å². The molecule has 0 atom stereocenters. The van der Waals surface area contributed by atoms with Crippen molar-refractivity contribution in [3.8, 4) is 22.8 Å². The number of hydrogen-bond acceptors (Lipinski definition) is 5. The first-order chi connectivity index (χ1) is 20.9. The lowest BCUT2D eigenvalue weighted by molar-refractivity contribution is 0.0686. The molecule has 9 nitrogen and oxygen atoms in total. The molecule has 208 valence electrons. The van der Waals surface area contributed by atoms with Crippen LogP contribution in [0.25, 0.3) is 44.8 Å². The fourth-order valence-electron chi connectivity index (χ4n) is 5.12. The summed E-state index contributed by atoms with van der Waals surface area (Å²) in [5.41, 5.74) is 7.73. The topological polar surface area (TPSA) is 135 Å². The molecule has 43 heavy (non-hydrogen) atoms. The van der Waals surface area contributed by atoms with Gasteiger partial charge in [-0.05, 0) is 97.1 Å². The van der Waals surface area contributed by atoms with Gasteiger partial charge >= 0.3 is 11.9 Å². The van der Waals surface area contributed by atoms with E-state index in [0.29, 0.717) is 28.2 Å². The second-order valence-electron chi connectivity index (χ2n) is 10.0. The van der Waals surface area contributed by atoms with Gasteiger partial charge in [-0.1, -0.05) is 18.2 Å². The number of para-hydroxylation sites is 1. The number of H-pyrrole nitrogens is 2. The Morgan fingerprint density at radius 3 is 1.65 bits per heavy atom. The van der Waals surface area contributed by atoms with Gasteiger partial charge in [-0.3, -0.25) is 0 Å². The lowest BCUT2D eigenvalue weighted by Gasteiger charge is -2.25. The zero-order chi connectivity index (χ0) is 29.5. The van der Waals surface area contributed by atoms with E-state index in [1.165, 1.54) is 0 Å². The molecular weight excluding hydrogens is 542 g/mol. The maximum atomic E-state index is 11.4. The fraction of sp³-hybridized carbons (Fsp3) is 0. The first kappa shape index (κ1) is 25.7. The van der Waals surface area contributed by atoms with Crippen molar-refractivity contribution in [2.45, 2.75) is 0 Å². The van der Waals surface area contributed by atoms with Gasteiger partial charge < -0.3 is 25.1 Å². The van der Waals surface area contributed by atoms with Crippen LogP contribution >= 0.6 is 0 Å². The average molecular weight is 566 g/mol. The Bertz CT molecular complexity index is 2000. The number of benzene rings is 5. The Kier molecular flexibility index (Phi) is 6.17. The van der Waals surface area contributed by atoms with Gasteiger partial charge in [0.15, 0.2) is 0 Å². The van der Waals surface area contributed by atoms with E-state index in [1.807, 2.05) is 78.9 Å². The summed E-state index contributed by atoms with van der Waals surface area (Å²) in [5, 5.41) is 18.6. The summed E-state index contributed by atoms with van der Waals surface area (Å²) in [6.45, 7) is 0. The third-order valence-corrected chi connectivity index (χ3v) is 7.27. The number of rotatable bonds is 7. The van der Waals surface area contributed by atoms with Crippen molar-refractivity contribution in [2.75, 3.05) is 4.90 Å². The smallest absolute Gasteiger partial charge is 0.335 e. The van der Waals surface area contributed by atoms with Crippen molar-refractivity contribution in [2.24, 2.45) is 0 Å². The summed E-state index contributed by atoms with van der Waals surface area (Å²) in [5.74, 6) is -0.665. The molecule has 0 amide bonds. The van der Waals surface area contributed by atoms with Gasteiger partial charge in [0, 0.05) is 28.2 Å². The van der Waals surface area contributed by atoms with Crippen molar-refractivity contribution in [3.63, 3.8) is 0 Å². The molecule has 4 N–H and O–H groups in total. The molecule has 7 rings (SSSR count). The number of carbonyl (C=O) groups is 2. The van der Waals surface area contributed by atoms with E-state index in [4.69, 9.17) is 0 Å². The summed E-state index contributed by atoms with van der Waals surface area (Å²) in [7, 11) is 0. The summed E-state index contributed by atoms with van der Waals surface area (Å²) in [4.78, 5) is 40.6. The highest BCUT2D eigenvalue weighted by Gasteiger charge is 2.15. The number of hydrogen-bond donors (Lipinski definition) is 4. The van der Waals surface area contributed by atoms with Crippen LogP contribution in [0.15, 0.2) is 115 Å². The highest BCUT2D eigenvalue weighted by molar-refractivity contribution is 5.94. The van der Waals surface area contributed by atoms with Crippen LogP contribution in [-0.4, -0.2) is 42.1 Å². The van der Waals surface area contributed by atoms with Gasteiger partial charge in [0.1, 0.15) is 11.6 Å². The number of carboxylic acids is 2. The van der Waals surface area contributed by atoms with Crippen LogP contribution < -0.4 is 4.90 Å². The van der Waals surface area contributed by atoms with E-state index in [1.54, 1.807) is 36.4 Å². The SMILES string of the molecule is O=C(O)c1ccc2[nH]c(-c3ccc(N(c4ccccc4)c4ccc(-c5nc6ccc(C(=O)O)cc6[nH]5)cc4)cc3)nc2c1. The third kappa shape index (κ3) is 4.85. The summed E-state index contributed by atoms with van der Waals surface area (Å²) >= 11 is 0. The Hall–Kier alpha value is -6.22. The Balaban J connectivity index is 1.21. The van der Waals surface area contributed by atoms with Gasteiger partial charge in [0.2, 0.25) is 0 Å². The van der Waals surface area contributed by atoms with E-state index in [0.717, 1.165) is 33.7 Å². The Morgan fingerprint density at radius 1 is 0.535 bits per heavy atom. The first-order valence-electron chi connectivity index (χ1n) is 13.5. The lowest BCUT2D eigenvalue weighted by Crippen LogP contribution is -2.09. The normalized spacial score (nSPS) is 11.2. The molecule has 9 heteroatoms. The van der Waals surface area contributed by atoms with E-state index >= 15 is 0 Å².